The van der Waals surface area contributed by atoms with Crippen LogP contribution in [0, 0.1) is 6.92 Å². The van der Waals surface area contributed by atoms with Crippen LogP contribution in [-0.2, 0) is 19.1 Å². The molecule has 2 rings (SSSR count). The fraction of sp³-hybridized carbons (Fsp3) is 0.250. The number of benzene rings is 1. The largest absolute Gasteiger partial charge is 0.481 e. The first kappa shape index (κ1) is 17.9. The molecule has 128 valence electrons. The molecule has 0 saturated carbocycles. The average molecular weight is 350 g/mol. The van der Waals surface area contributed by atoms with Crippen LogP contribution in [0.3, 0.4) is 0 Å². The maximum Gasteiger partial charge on any atom is 0.341 e. The first-order valence-corrected chi connectivity index (χ1v) is 8.52. The van der Waals surface area contributed by atoms with Crippen molar-refractivity contribution in [1.29, 1.82) is 0 Å². The van der Waals surface area contributed by atoms with Gasteiger partial charge in [0.15, 0.2) is 0 Å². The third-order valence-electron chi connectivity index (χ3n) is 3.30. The zero-order valence-corrected chi connectivity index (χ0v) is 14.1. The molecule has 8 heteroatoms. The molecule has 0 amide bonds. The third kappa shape index (κ3) is 4.53. The second-order valence-electron chi connectivity index (χ2n) is 5.17. The summed E-state index contributed by atoms with van der Waals surface area (Å²) in [4.78, 5) is 15.8. The van der Waals surface area contributed by atoms with Gasteiger partial charge in [-0.1, -0.05) is 23.8 Å². The van der Waals surface area contributed by atoms with Gasteiger partial charge in [0.2, 0.25) is 5.88 Å². The van der Waals surface area contributed by atoms with Gasteiger partial charge in [-0.2, -0.15) is 8.42 Å². The number of ether oxygens (including phenoxy) is 1. The van der Waals surface area contributed by atoms with Crippen molar-refractivity contribution in [3.8, 4) is 5.88 Å². The number of methoxy groups -OCH3 is 1. The van der Waals surface area contributed by atoms with Crippen molar-refractivity contribution in [3.05, 3.63) is 53.7 Å². The molecule has 24 heavy (non-hydrogen) atoms. The van der Waals surface area contributed by atoms with Gasteiger partial charge in [-0.3, -0.25) is 4.79 Å². The molecular formula is C16H18N2O5S. The SMILES string of the molecule is COc1ccc([C@@H](N)CC(=O)OS(=O)(=O)c2ccc(C)cc2)cn1. The van der Waals surface area contributed by atoms with E-state index in [9.17, 15) is 13.2 Å². The topological polar surface area (TPSA) is 109 Å². The van der Waals surface area contributed by atoms with Gasteiger partial charge < -0.3 is 14.7 Å². The molecule has 1 heterocycles. The maximum absolute atomic E-state index is 12.0. The van der Waals surface area contributed by atoms with E-state index in [-0.39, 0.29) is 11.3 Å². The predicted molar refractivity (Wildman–Crippen MR) is 86.8 cm³/mol. The van der Waals surface area contributed by atoms with Crippen LogP contribution in [0.4, 0.5) is 0 Å². The molecule has 7 nitrogen and oxygen atoms in total. The zero-order valence-electron chi connectivity index (χ0n) is 13.3. The molecule has 1 aromatic carbocycles. The van der Waals surface area contributed by atoms with Crippen molar-refractivity contribution in [1.82, 2.24) is 4.98 Å². The van der Waals surface area contributed by atoms with Crippen LogP contribution in [0.5, 0.6) is 5.88 Å². The normalized spacial score (nSPS) is 12.5. The Morgan fingerprint density at radius 1 is 1.21 bits per heavy atom. The molecule has 0 radical (unpaired) electrons. The fourth-order valence-corrected chi connectivity index (χ4v) is 2.82. The number of nitrogens with zero attached hydrogens (tertiary/aromatic N) is 1. The third-order valence-corrected chi connectivity index (χ3v) is 4.55. The van der Waals surface area contributed by atoms with Gasteiger partial charge in [0.1, 0.15) is 4.90 Å². The Morgan fingerprint density at radius 3 is 2.42 bits per heavy atom. The molecule has 0 bridgehead atoms. The van der Waals surface area contributed by atoms with Crippen molar-refractivity contribution in [2.45, 2.75) is 24.3 Å². The molecule has 0 aliphatic rings. The molecule has 2 N–H and O–H groups in total. The number of aryl methyl sites for hydroxylation is 1. The number of hydrogen-bond donors (Lipinski definition) is 1. The van der Waals surface area contributed by atoms with Crippen molar-refractivity contribution in [2.75, 3.05) is 7.11 Å². The van der Waals surface area contributed by atoms with E-state index < -0.39 is 22.1 Å². The number of pyridine rings is 1. The molecule has 1 aromatic heterocycles. The molecule has 2 aromatic rings. The Hall–Kier alpha value is -2.45. The molecule has 0 saturated heterocycles. The smallest absolute Gasteiger partial charge is 0.341 e. The zero-order chi connectivity index (χ0) is 17.7. The van der Waals surface area contributed by atoms with Crippen molar-refractivity contribution in [3.63, 3.8) is 0 Å². The summed E-state index contributed by atoms with van der Waals surface area (Å²) in [6.07, 6.45) is 1.17. The van der Waals surface area contributed by atoms with Gasteiger partial charge in [-0.25, -0.2) is 4.98 Å². The van der Waals surface area contributed by atoms with Crippen LogP contribution in [-0.4, -0.2) is 26.5 Å². The summed E-state index contributed by atoms with van der Waals surface area (Å²) in [5.74, 6) is -0.519. The Bertz CT molecular complexity index is 801. The predicted octanol–water partition coefficient (Wildman–Crippen LogP) is 1.72. The van der Waals surface area contributed by atoms with E-state index >= 15 is 0 Å². The average Bonchev–Trinajstić information content (AvgIpc) is 2.54. The lowest BCUT2D eigenvalue weighted by molar-refractivity contribution is -0.134. The van der Waals surface area contributed by atoms with E-state index in [2.05, 4.69) is 9.17 Å². The lowest BCUT2D eigenvalue weighted by Crippen LogP contribution is -2.20. The highest BCUT2D eigenvalue weighted by molar-refractivity contribution is 7.87. The van der Waals surface area contributed by atoms with Gasteiger partial charge in [0.05, 0.1) is 13.5 Å². The lowest BCUT2D eigenvalue weighted by atomic mass is 10.1. The molecule has 0 aliphatic carbocycles. The van der Waals surface area contributed by atoms with E-state index in [1.165, 1.54) is 25.4 Å². The van der Waals surface area contributed by atoms with E-state index in [1.807, 2.05) is 6.92 Å². The van der Waals surface area contributed by atoms with E-state index in [0.29, 0.717) is 11.4 Å². The number of rotatable bonds is 6. The van der Waals surface area contributed by atoms with Crippen LogP contribution in [0.25, 0.3) is 0 Å². The van der Waals surface area contributed by atoms with Gasteiger partial charge in [-0.05, 0) is 24.6 Å². The molecule has 0 fully saturated rings. The Kier molecular flexibility index (Phi) is 5.53. The van der Waals surface area contributed by atoms with Crippen molar-refractivity contribution in [2.24, 2.45) is 5.73 Å². The molecule has 0 aliphatic heterocycles. The minimum absolute atomic E-state index is 0.0823. The standard InChI is InChI=1S/C16H18N2O5S/c1-11-3-6-13(7-4-11)24(20,21)23-16(19)9-14(17)12-5-8-15(22-2)18-10-12/h3-8,10,14H,9,17H2,1-2H3/t14-/m0/s1. The minimum atomic E-state index is -4.16. The first-order chi connectivity index (χ1) is 11.3. The van der Waals surface area contributed by atoms with Gasteiger partial charge in [-0.15, -0.1) is 0 Å². The van der Waals surface area contributed by atoms with E-state index in [0.717, 1.165) is 5.56 Å². The summed E-state index contributed by atoms with van der Waals surface area (Å²) in [6, 6.07) is 8.52. The number of carbonyl (C=O) groups excluding carboxylic acids is 1. The number of carbonyl (C=O) groups is 1. The molecule has 0 unspecified atom stereocenters. The Balaban J connectivity index is 2.02. The van der Waals surface area contributed by atoms with Crippen LogP contribution in [0.15, 0.2) is 47.5 Å². The Labute approximate surface area is 140 Å². The minimum Gasteiger partial charge on any atom is -0.481 e. The number of hydrogen-bond acceptors (Lipinski definition) is 7. The summed E-state index contributed by atoms with van der Waals surface area (Å²) in [5.41, 5.74) is 7.36. The lowest BCUT2D eigenvalue weighted by Gasteiger charge is -2.12. The van der Waals surface area contributed by atoms with Gasteiger partial charge >= 0.3 is 16.1 Å². The summed E-state index contributed by atoms with van der Waals surface area (Å²) >= 11 is 0. The van der Waals surface area contributed by atoms with Crippen molar-refractivity contribution < 1.29 is 22.1 Å². The quantitative estimate of drug-likeness (QED) is 0.790. The van der Waals surface area contributed by atoms with E-state index in [4.69, 9.17) is 10.5 Å². The monoisotopic (exact) mass is 350 g/mol. The van der Waals surface area contributed by atoms with Crippen LogP contribution in [0.1, 0.15) is 23.6 Å². The highest BCUT2D eigenvalue weighted by Crippen LogP contribution is 2.19. The fourth-order valence-electron chi connectivity index (χ4n) is 1.94. The van der Waals surface area contributed by atoms with Crippen molar-refractivity contribution >= 4 is 16.1 Å². The highest BCUT2D eigenvalue weighted by Gasteiger charge is 2.22. The molecule has 0 spiro atoms. The highest BCUT2D eigenvalue weighted by atomic mass is 32.2. The summed E-state index contributed by atoms with van der Waals surface area (Å²) in [5, 5.41) is 0. The summed E-state index contributed by atoms with van der Waals surface area (Å²) < 4.78 is 33.6. The van der Waals surface area contributed by atoms with Crippen LogP contribution in [0.2, 0.25) is 0 Å². The summed E-state index contributed by atoms with van der Waals surface area (Å²) in [7, 11) is -2.67. The molecule has 1 atom stereocenters. The number of nitrogens with two attached hydrogens (primary N) is 1. The number of aromatic nitrogens is 1. The van der Waals surface area contributed by atoms with E-state index in [1.54, 1.807) is 24.3 Å². The van der Waals surface area contributed by atoms with Gasteiger partial charge in [0.25, 0.3) is 0 Å². The first-order valence-electron chi connectivity index (χ1n) is 7.11. The maximum atomic E-state index is 12.0. The summed E-state index contributed by atoms with van der Waals surface area (Å²) in [6.45, 7) is 1.82. The van der Waals surface area contributed by atoms with Crippen LogP contribution < -0.4 is 10.5 Å². The second-order valence-corrected chi connectivity index (χ2v) is 6.71. The molecular weight excluding hydrogens is 332 g/mol. The second kappa shape index (κ2) is 7.41. The van der Waals surface area contributed by atoms with Crippen LogP contribution >= 0.6 is 0 Å². The Morgan fingerprint density at radius 2 is 1.88 bits per heavy atom. The van der Waals surface area contributed by atoms with Gasteiger partial charge in [0, 0.05) is 18.3 Å².